The van der Waals surface area contributed by atoms with Gasteiger partial charge in [-0.05, 0) is 53.6 Å². The van der Waals surface area contributed by atoms with Gasteiger partial charge >= 0.3 is 6.09 Å². The Morgan fingerprint density at radius 2 is 1.92 bits per heavy atom. The van der Waals surface area contributed by atoms with Crippen LogP contribution in [0.5, 0.6) is 0 Å². The minimum atomic E-state index is -0.533. The number of nitrogens with zero attached hydrogens (tertiary/aromatic N) is 2. The summed E-state index contributed by atoms with van der Waals surface area (Å²) in [7, 11) is 0. The Balaban J connectivity index is 1.22. The van der Waals surface area contributed by atoms with Crippen LogP contribution in [0.3, 0.4) is 0 Å². The summed E-state index contributed by atoms with van der Waals surface area (Å²) >= 11 is 0. The molecule has 2 aromatic carbocycles. The molecule has 1 saturated heterocycles. The van der Waals surface area contributed by atoms with Crippen LogP contribution >= 0.6 is 0 Å². The molecule has 0 saturated carbocycles. The van der Waals surface area contributed by atoms with Crippen molar-refractivity contribution >= 4 is 17.9 Å². The molecule has 1 unspecified atom stereocenters. The molecule has 2 heterocycles. The van der Waals surface area contributed by atoms with Gasteiger partial charge in [0, 0.05) is 12.6 Å². The van der Waals surface area contributed by atoms with Crippen molar-refractivity contribution in [2.24, 2.45) is 0 Å². The lowest BCUT2D eigenvalue weighted by Gasteiger charge is -2.15. The summed E-state index contributed by atoms with van der Waals surface area (Å²) in [6, 6.07) is 11.5. The Hall–Kier alpha value is -4.38. The molecular formula is C25H23FN6O4. The van der Waals surface area contributed by atoms with Crippen LogP contribution in [0.1, 0.15) is 67.4 Å². The van der Waals surface area contributed by atoms with Crippen LogP contribution in [0.15, 0.2) is 48.8 Å². The SMILES string of the molecule is Cc1cc(CNC(=O)c2cc(C(=O)N[C@H]3CCc4cc(C5NOC(=O)N5)ccc43)ncn2)ccc1F. The Kier molecular flexibility index (Phi) is 6.30. The second-order valence-electron chi connectivity index (χ2n) is 8.66. The summed E-state index contributed by atoms with van der Waals surface area (Å²) in [5.41, 5.74) is 6.90. The van der Waals surface area contributed by atoms with E-state index in [-0.39, 0.29) is 29.8 Å². The molecule has 184 valence electrons. The summed E-state index contributed by atoms with van der Waals surface area (Å²) in [5.74, 6) is -1.19. The second kappa shape index (κ2) is 9.70. The molecular weight excluding hydrogens is 467 g/mol. The fraction of sp³-hybridized carbons (Fsp3) is 0.240. The fourth-order valence-corrected chi connectivity index (χ4v) is 4.34. The van der Waals surface area contributed by atoms with E-state index in [2.05, 4.69) is 31.4 Å². The van der Waals surface area contributed by atoms with Crippen LogP contribution in [0, 0.1) is 12.7 Å². The van der Waals surface area contributed by atoms with Crippen molar-refractivity contribution in [2.45, 2.75) is 38.5 Å². The maximum absolute atomic E-state index is 13.4. The van der Waals surface area contributed by atoms with E-state index in [0.29, 0.717) is 12.0 Å². The zero-order chi connectivity index (χ0) is 25.2. The van der Waals surface area contributed by atoms with Crippen LogP contribution < -0.4 is 21.4 Å². The summed E-state index contributed by atoms with van der Waals surface area (Å²) in [5, 5.41) is 8.36. The molecule has 3 amide bonds. The standard InChI is InChI=1S/C25H23FN6O4/c1-13-8-14(2-6-18(13)26)11-27-23(33)20-10-21(29-12-28-20)24(34)30-19-7-4-15-9-16(3-5-17(15)19)22-31-25(35)36-32-22/h2-3,5-6,8-10,12,19,22,32H,4,7,11H2,1H3,(H,27,33)(H,30,34)(H,31,35)/t19-,22?/m0/s1. The number of rotatable bonds is 6. The van der Waals surface area contributed by atoms with Gasteiger partial charge in [-0.1, -0.05) is 30.3 Å². The molecule has 0 bridgehead atoms. The Morgan fingerprint density at radius 3 is 2.67 bits per heavy atom. The maximum atomic E-state index is 13.4. The predicted octanol–water partition coefficient (Wildman–Crippen LogP) is 2.51. The number of benzene rings is 2. The first-order chi connectivity index (χ1) is 17.4. The molecule has 1 aromatic heterocycles. The molecule has 0 radical (unpaired) electrons. The molecule has 2 atom stereocenters. The number of fused-ring (bicyclic) bond motifs is 1. The molecule has 3 aromatic rings. The van der Waals surface area contributed by atoms with Gasteiger partial charge in [0.25, 0.3) is 11.8 Å². The van der Waals surface area contributed by atoms with E-state index < -0.39 is 24.1 Å². The highest BCUT2D eigenvalue weighted by Crippen LogP contribution is 2.33. The number of hydrogen-bond donors (Lipinski definition) is 4. The molecule has 11 heteroatoms. The Bertz CT molecular complexity index is 1360. The van der Waals surface area contributed by atoms with Gasteiger partial charge in [0.1, 0.15) is 29.7 Å². The van der Waals surface area contributed by atoms with E-state index in [1.54, 1.807) is 19.1 Å². The molecule has 10 nitrogen and oxygen atoms in total. The van der Waals surface area contributed by atoms with Gasteiger partial charge in [0.2, 0.25) is 0 Å². The van der Waals surface area contributed by atoms with Gasteiger partial charge in [-0.25, -0.2) is 19.2 Å². The number of hydroxylamine groups is 1. The number of halogens is 1. The van der Waals surface area contributed by atoms with Crippen LogP contribution in [-0.4, -0.2) is 27.9 Å². The third-order valence-corrected chi connectivity index (χ3v) is 6.22. The van der Waals surface area contributed by atoms with Crippen molar-refractivity contribution in [3.8, 4) is 0 Å². The zero-order valence-electron chi connectivity index (χ0n) is 19.3. The molecule has 36 heavy (non-hydrogen) atoms. The third kappa shape index (κ3) is 4.86. The average molecular weight is 490 g/mol. The minimum absolute atomic E-state index is 0.0544. The van der Waals surface area contributed by atoms with Gasteiger partial charge in [-0.3, -0.25) is 14.9 Å². The quantitative estimate of drug-likeness (QED) is 0.417. The summed E-state index contributed by atoms with van der Waals surface area (Å²) < 4.78 is 13.4. The zero-order valence-corrected chi connectivity index (χ0v) is 19.3. The molecule has 1 fully saturated rings. The molecule has 1 aliphatic heterocycles. The lowest BCUT2D eigenvalue weighted by atomic mass is 10.0. The van der Waals surface area contributed by atoms with Crippen molar-refractivity contribution in [2.75, 3.05) is 0 Å². The van der Waals surface area contributed by atoms with E-state index in [0.717, 1.165) is 28.7 Å². The molecule has 5 rings (SSSR count). The maximum Gasteiger partial charge on any atom is 0.427 e. The normalized spacial score (nSPS) is 18.2. The number of aromatic nitrogens is 2. The fourth-order valence-electron chi connectivity index (χ4n) is 4.34. The number of hydrogen-bond acceptors (Lipinski definition) is 7. The van der Waals surface area contributed by atoms with E-state index in [4.69, 9.17) is 4.84 Å². The number of aryl methyl sites for hydroxylation is 2. The summed E-state index contributed by atoms with van der Waals surface area (Å²) in [6.45, 7) is 1.84. The van der Waals surface area contributed by atoms with Crippen molar-refractivity contribution in [1.29, 1.82) is 0 Å². The third-order valence-electron chi connectivity index (χ3n) is 6.22. The van der Waals surface area contributed by atoms with E-state index in [9.17, 15) is 18.8 Å². The van der Waals surface area contributed by atoms with Crippen LogP contribution in [-0.2, 0) is 17.8 Å². The smallest absolute Gasteiger partial charge is 0.351 e. The number of carbonyl (C=O) groups is 3. The van der Waals surface area contributed by atoms with Crippen LogP contribution in [0.4, 0.5) is 9.18 Å². The van der Waals surface area contributed by atoms with Crippen LogP contribution in [0.25, 0.3) is 0 Å². The van der Waals surface area contributed by atoms with Crippen LogP contribution in [0.2, 0.25) is 0 Å². The topological polar surface area (TPSA) is 134 Å². The van der Waals surface area contributed by atoms with E-state index in [1.165, 1.54) is 18.5 Å². The highest BCUT2D eigenvalue weighted by molar-refractivity contribution is 5.97. The van der Waals surface area contributed by atoms with Gasteiger partial charge < -0.3 is 15.5 Å². The highest BCUT2D eigenvalue weighted by atomic mass is 19.1. The number of amides is 3. The monoisotopic (exact) mass is 490 g/mol. The number of nitrogens with one attached hydrogen (secondary N) is 4. The lowest BCUT2D eigenvalue weighted by Crippen LogP contribution is -2.29. The lowest BCUT2D eigenvalue weighted by molar-refractivity contribution is 0.0931. The predicted molar refractivity (Wildman–Crippen MR) is 125 cm³/mol. The first kappa shape index (κ1) is 23.4. The van der Waals surface area contributed by atoms with Gasteiger partial charge in [0.15, 0.2) is 0 Å². The van der Waals surface area contributed by atoms with Crippen molar-refractivity contribution in [3.63, 3.8) is 0 Å². The van der Waals surface area contributed by atoms with Crippen molar-refractivity contribution in [3.05, 3.63) is 93.8 Å². The molecule has 0 spiro atoms. The van der Waals surface area contributed by atoms with Crippen molar-refractivity contribution in [1.82, 2.24) is 31.4 Å². The average Bonchev–Trinajstić information content (AvgIpc) is 3.50. The summed E-state index contributed by atoms with van der Waals surface area (Å²) in [6.07, 6.45) is 1.69. The highest BCUT2D eigenvalue weighted by Gasteiger charge is 2.28. The first-order valence-corrected chi connectivity index (χ1v) is 11.4. The minimum Gasteiger partial charge on any atom is -0.351 e. The number of carbonyl (C=O) groups excluding carboxylic acids is 3. The molecule has 1 aliphatic carbocycles. The second-order valence-corrected chi connectivity index (χ2v) is 8.66. The molecule has 4 N–H and O–H groups in total. The van der Waals surface area contributed by atoms with Crippen molar-refractivity contribution < 1.29 is 23.6 Å². The van der Waals surface area contributed by atoms with E-state index in [1.807, 2.05) is 18.2 Å². The largest absolute Gasteiger partial charge is 0.427 e. The Morgan fingerprint density at radius 1 is 1.11 bits per heavy atom. The van der Waals surface area contributed by atoms with Gasteiger partial charge in [-0.15, -0.1) is 5.48 Å². The first-order valence-electron chi connectivity index (χ1n) is 11.4. The summed E-state index contributed by atoms with van der Waals surface area (Å²) in [4.78, 5) is 49.5. The van der Waals surface area contributed by atoms with Gasteiger partial charge in [-0.2, -0.15) is 0 Å². The van der Waals surface area contributed by atoms with Gasteiger partial charge in [0.05, 0.1) is 6.04 Å². The Labute approximate surface area is 205 Å². The van der Waals surface area contributed by atoms with E-state index >= 15 is 0 Å². The molecule has 2 aliphatic rings.